The number of aromatic hydroxyl groups is 1. The van der Waals surface area contributed by atoms with Crippen LogP contribution in [0.2, 0.25) is 0 Å². The Hall–Kier alpha value is -1.52. The molecule has 0 saturated heterocycles. The summed E-state index contributed by atoms with van der Waals surface area (Å²) in [6, 6.07) is 9.40. The highest BCUT2D eigenvalue weighted by molar-refractivity contribution is 9.69. The van der Waals surface area contributed by atoms with Crippen molar-refractivity contribution in [2.24, 2.45) is 0 Å². The number of carboxylic acid groups (broad SMARTS) is 2. The highest BCUT2D eigenvalue weighted by Crippen LogP contribution is 2.32. The average Bonchev–Trinajstić information content (AvgIpc) is 2.65. The first-order valence-corrected chi connectivity index (χ1v) is 12.6. The zero-order chi connectivity index (χ0) is 26.1. The molecule has 0 bridgehead atoms. The van der Waals surface area contributed by atoms with Gasteiger partial charge in [-0.15, -0.1) is 47.3 Å². The normalized spacial score (nSPS) is 10.7. The Morgan fingerprint density at radius 2 is 1.15 bits per heavy atom. The highest BCUT2D eigenvalue weighted by atomic mass is 79.9. The molecule has 182 valence electrons. The third-order valence-electron chi connectivity index (χ3n) is 4.31. The van der Waals surface area contributed by atoms with E-state index < -0.39 is 11.9 Å². The Morgan fingerprint density at radius 3 is 1.45 bits per heavy atom. The van der Waals surface area contributed by atoms with Crippen LogP contribution in [0, 0.1) is 0 Å². The first kappa shape index (κ1) is 31.5. The molecule has 0 unspecified atom stereocenters. The Morgan fingerprint density at radius 1 is 0.788 bits per heavy atom. The van der Waals surface area contributed by atoms with Crippen LogP contribution < -0.4 is 4.74 Å². The maximum Gasteiger partial charge on any atom is 0.369 e. The molecule has 0 heterocycles. The van der Waals surface area contributed by atoms with E-state index >= 15 is 0 Å². The second kappa shape index (κ2) is 13.4. The number of ether oxygens (including phenoxy) is 1. The molecule has 2 rings (SSSR count). The van der Waals surface area contributed by atoms with Gasteiger partial charge in [0, 0.05) is 0 Å². The number of hydrogen-bond donors (Lipinski definition) is 3. The highest BCUT2D eigenvalue weighted by Gasteiger charge is 2.20. The number of phenols is 1. The summed E-state index contributed by atoms with van der Waals surface area (Å²) in [4.78, 5) is 21.4. The molecule has 0 radical (unpaired) electrons. The second-order valence-electron chi connectivity index (χ2n) is 9.00. The number of aromatic carboxylic acids is 2. The van der Waals surface area contributed by atoms with Gasteiger partial charge in [0.2, 0.25) is 0 Å². The molecule has 0 aromatic heterocycles. The molecule has 10 heteroatoms. The minimum absolute atomic E-state index is 0.0393. The lowest BCUT2D eigenvalue weighted by molar-refractivity contribution is 0.0685. The van der Waals surface area contributed by atoms with Gasteiger partial charge in [-0.2, -0.15) is 0 Å². The van der Waals surface area contributed by atoms with Crippen LogP contribution in [-0.4, -0.2) is 37.6 Å². The summed E-state index contributed by atoms with van der Waals surface area (Å²) >= 11 is 9.31. The monoisotopic (exact) mass is 650 g/mol. The van der Waals surface area contributed by atoms with E-state index in [1.54, 1.807) is 25.3 Å². The minimum atomic E-state index is -1.03. The summed E-state index contributed by atoms with van der Waals surface area (Å²) in [6.45, 7) is 12.1. The minimum Gasteiger partial charge on any atom is -0.508 e. The summed E-state index contributed by atoms with van der Waals surface area (Å²) in [5.74, 6) is -1.30. The van der Waals surface area contributed by atoms with Crippen LogP contribution >= 0.6 is 47.3 Å². The molecule has 0 aliphatic rings. The van der Waals surface area contributed by atoms with Gasteiger partial charge in [0.1, 0.15) is 11.5 Å². The molecule has 0 atom stereocenters. The number of benzene rings is 2. The van der Waals surface area contributed by atoms with Crippen molar-refractivity contribution in [1.29, 1.82) is 0 Å². The van der Waals surface area contributed by atoms with Crippen LogP contribution in [0.1, 0.15) is 73.4 Å². The van der Waals surface area contributed by atoms with E-state index in [0.717, 1.165) is 11.1 Å². The van der Waals surface area contributed by atoms with Gasteiger partial charge in [0.05, 0.1) is 18.2 Å². The van der Waals surface area contributed by atoms with Crippen molar-refractivity contribution in [3.63, 3.8) is 0 Å². The lowest BCUT2D eigenvalue weighted by Gasteiger charge is -2.22. The van der Waals surface area contributed by atoms with Gasteiger partial charge in [-0.05, 0) is 46.2 Å². The molecular formula is C23H30BBr3O6. The van der Waals surface area contributed by atoms with Gasteiger partial charge in [-0.3, -0.25) is 0 Å². The standard InChI is InChI=1S/C12H16O3.C11H14O3.BBr3/c1-12(2,3)9-6-5-8(11(13)14)7-10(9)15-4;1-11(2,3)8-5-4-7(10(13)14)6-9(8)12;2-1(3)4/h5-7H,1-4H3,(H,13,14);4-6,12H,1-3H3,(H,13,14);. The lowest BCUT2D eigenvalue weighted by Crippen LogP contribution is -2.13. The SMILES string of the molecule is BrB(Br)Br.CC(C)(C)c1ccc(C(=O)O)cc1O.COc1cc(C(=O)O)ccc1C(C)(C)C. The van der Waals surface area contributed by atoms with Crippen molar-refractivity contribution >= 4 is 62.4 Å². The van der Waals surface area contributed by atoms with Gasteiger partial charge in [-0.25, -0.2) is 9.59 Å². The van der Waals surface area contributed by atoms with Gasteiger partial charge in [-0.1, -0.05) is 53.7 Å². The molecule has 2 aromatic carbocycles. The maximum absolute atomic E-state index is 10.8. The zero-order valence-electron chi connectivity index (χ0n) is 19.7. The smallest absolute Gasteiger partial charge is 0.369 e. The van der Waals surface area contributed by atoms with E-state index in [-0.39, 0.29) is 30.9 Å². The molecule has 0 saturated carbocycles. The first-order chi connectivity index (χ1) is 14.9. The number of rotatable bonds is 3. The fraction of sp³-hybridized carbons (Fsp3) is 0.391. The quantitative estimate of drug-likeness (QED) is 0.302. The van der Waals surface area contributed by atoms with E-state index in [2.05, 4.69) is 68.0 Å². The van der Waals surface area contributed by atoms with Gasteiger partial charge in [0.15, 0.2) is 0 Å². The number of phenolic OH excluding ortho intramolecular Hbond substituents is 1. The van der Waals surface area contributed by atoms with E-state index in [9.17, 15) is 14.7 Å². The number of halogens is 3. The van der Waals surface area contributed by atoms with Crippen molar-refractivity contribution in [2.75, 3.05) is 7.11 Å². The average molecular weight is 653 g/mol. The molecular weight excluding hydrogens is 623 g/mol. The van der Waals surface area contributed by atoms with Crippen LogP contribution in [0.4, 0.5) is 0 Å². The fourth-order valence-corrected chi connectivity index (χ4v) is 2.74. The van der Waals surface area contributed by atoms with E-state index in [1.807, 2.05) is 26.8 Å². The van der Waals surface area contributed by atoms with Crippen molar-refractivity contribution in [2.45, 2.75) is 52.4 Å². The van der Waals surface area contributed by atoms with Crippen LogP contribution in [0.3, 0.4) is 0 Å². The second-order valence-corrected chi connectivity index (χ2v) is 15.4. The Bertz CT molecular complexity index is 947. The predicted octanol–water partition coefficient (Wildman–Crippen LogP) is 7.23. The molecule has 2 aromatic rings. The van der Waals surface area contributed by atoms with Gasteiger partial charge in [0.25, 0.3) is 0 Å². The van der Waals surface area contributed by atoms with E-state index in [1.165, 1.54) is 12.1 Å². The summed E-state index contributed by atoms with van der Waals surface area (Å²) in [7, 11) is 1.55. The number of carbonyl (C=O) groups is 2. The largest absolute Gasteiger partial charge is 0.508 e. The fourth-order valence-electron chi connectivity index (χ4n) is 2.74. The molecule has 3 N–H and O–H groups in total. The Balaban J connectivity index is 0.000000536. The van der Waals surface area contributed by atoms with Crippen LogP contribution in [-0.2, 0) is 10.8 Å². The molecule has 33 heavy (non-hydrogen) atoms. The predicted molar refractivity (Wildman–Crippen MR) is 145 cm³/mol. The van der Waals surface area contributed by atoms with Crippen molar-refractivity contribution < 1.29 is 29.6 Å². The van der Waals surface area contributed by atoms with Crippen LogP contribution in [0.15, 0.2) is 36.4 Å². The number of methoxy groups -OCH3 is 1. The van der Waals surface area contributed by atoms with Crippen LogP contribution in [0.25, 0.3) is 0 Å². The molecule has 0 fully saturated rings. The molecule has 0 aliphatic heterocycles. The van der Waals surface area contributed by atoms with Crippen molar-refractivity contribution in [3.05, 3.63) is 58.7 Å². The Kier molecular flexibility index (Phi) is 12.8. The van der Waals surface area contributed by atoms with Crippen LogP contribution in [0.5, 0.6) is 11.5 Å². The maximum atomic E-state index is 10.8. The van der Waals surface area contributed by atoms with E-state index in [4.69, 9.17) is 14.9 Å². The topological polar surface area (TPSA) is 104 Å². The third kappa shape index (κ3) is 11.4. The molecule has 6 nitrogen and oxygen atoms in total. The molecule has 0 amide bonds. The number of hydrogen-bond acceptors (Lipinski definition) is 4. The number of carboxylic acids is 2. The van der Waals surface area contributed by atoms with Gasteiger partial charge < -0.3 is 20.1 Å². The van der Waals surface area contributed by atoms with E-state index in [0.29, 0.717) is 5.75 Å². The van der Waals surface area contributed by atoms with Gasteiger partial charge >= 0.3 is 15.1 Å². The summed E-state index contributed by atoms with van der Waals surface area (Å²) in [5.41, 5.74) is 1.89. The summed E-state index contributed by atoms with van der Waals surface area (Å²) in [5, 5.41) is 27.1. The van der Waals surface area contributed by atoms with Crippen molar-refractivity contribution in [3.8, 4) is 11.5 Å². The third-order valence-corrected chi connectivity index (χ3v) is 4.31. The van der Waals surface area contributed by atoms with Crippen molar-refractivity contribution in [1.82, 2.24) is 0 Å². The zero-order valence-corrected chi connectivity index (χ0v) is 24.5. The molecule has 0 spiro atoms. The summed E-state index contributed by atoms with van der Waals surface area (Å²) in [6.07, 6.45) is 0. The lowest BCUT2D eigenvalue weighted by atomic mass is 9.86. The molecule has 0 aliphatic carbocycles. The summed E-state index contributed by atoms with van der Waals surface area (Å²) < 4.78 is 5.47. The Labute approximate surface area is 220 Å². The first-order valence-electron chi connectivity index (χ1n) is 9.82.